The first-order valence-electron chi connectivity index (χ1n) is 5.81. The van der Waals surface area contributed by atoms with Gasteiger partial charge in [0.1, 0.15) is 5.75 Å². The number of ether oxygens (including phenoxy) is 1. The molecule has 1 amide bonds. The molecule has 1 unspecified atom stereocenters. The van der Waals surface area contributed by atoms with Crippen LogP contribution in [0.5, 0.6) is 5.75 Å². The molecule has 3 N–H and O–H groups in total. The molecule has 0 saturated carbocycles. The molecule has 0 fully saturated rings. The number of rotatable bonds is 7. The van der Waals surface area contributed by atoms with Crippen molar-refractivity contribution in [1.82, 2.24) is 5.32 Å². The van der Waals surface area contributed by atoms with Crippen molar-refractivity contribution in [2.75, 3.05) is 13.7 Å². The Morgan fingerprint density at radius 2 is 2.00 bits per heavy atom. The first kappa shape index (κ1) is 15.5. The van der Waals surface area contributed by atoms with Gasteiger partial charge in [0.05, 0.1) is 19.4 Å². The van der Waals surface area contributed by atoms with Gasteiger partial charge in [-0.2, -0.15) is 0 Å². The van der Waals surface area contributed by atoms with Crippen LogP contribution in [0.3, 0.4) is 0 Å². The molecule has 0 aliphatic rings. The van der Waals surface area contributed by atoms with Gasteiger partial charge in [0.25, 0.3) is 5.91 Å². The Labute approximate surface area is 115 Å². The molecule has 0 aromatic heterocycles. The largest absolute Gasteiger partial charge is 0.497 e. The number of carboxylic acids is 2. The van der Waals surface area contributed by atoms with Gasteiger partial charge in [-0.25, -0.2) is 0 Å². The molecule has 1 aromatic carbocycles. The monoisotopic (exact) mass is 281 g/mol. The molecular weight excluding hydrogens is 266 g/mol. The lowest BCUT2D eigenvalue weighted by molar-refractivity contribution is -0.148. The highest BCUT2D eigenvalue weighted by atomic mass is 16.5. The van der Waals surface area contributed by atoms with E-state index in [1.165, 1.54) is 13.2 Å². The molecule has 0 spiro atoms. The summed E-state index contributed by atoms with van der Waals surface area (Å²) in [7, 11) is 1.46. The number of hydrogen-bond donors (Lipinski definition) is 3. The maximum atomic E-state index is 11.8. The number of carbonyl (C=O) groups is 3. The van der Waals surface area contributed by atoms with Crippen LogP contribution in [0, 0.1) is 5.92 Å². The van der Waals surface area contributed by atoms with Crippen molar-refractivity contribution in [1.29, 1.82) is 0 Å². The van der Waals surface area contributed by atoms with Crippen LogP contribution >= 0.6 is 0 Å². The summed E-state index contributed by atoms with van der Waals surface area (Å²) in [6.07, 6.45) is -0.548. The van der Waals surface area contributed by atoms with Crippen molar-refractivity contribution in [3.05, 3.63) is 29.8 Å². The van der Waals surface area contributed by atoms with Crippen molar-refractivity contribution in [2.24, 2.45) is 5.92 Å². The quantitative estimate of drug-likeness (QED) is 0.674. The lowest BCUT2D eigenvalue weighted by Crippen LogP contribution is -2.34. The Hall–Kier alpha value is -2.57. The summed E-state index contributed by atoms with van der Waals surface area (Å²) in [4.78, 5) is 33.2. The highest BCUT2D eigenvalue weighted by Gasteiger charge is 2.21. The maximum Gasteiger partial charge on any atom is 0.308 e. The molecule has 1 atom stereocenters. The second-order valence-electron chi connectivity index (χ2n) is 4.08. The number of benzene rings is 1. The van der Waals surface area contributed by atoms with Crippen LogP contribution in [-0.4, -0.2) is 41.7 Å². The Morgan fingerprint density at radius 1 is 1.30 bits per heavy atom. The number of hydrogen-bond acceptors (Lipinski definition) is 4. The summed E-state index contributed by atoms with van der Waals surface area (Å²) in [5.41, 5.74) is 0.309. The van der Waals surface area contributed by atoms with Crippen LogP contribution in [-0.2, 0) is 9.59 Å². The zero-order valence-corrected chi connectivity index (χ0v) is 10.8. The van der Waals surface area contributed by atoms with Crippen LogP contribution in [0.25, 0.3) is 0 Å². The van der Waals surface area contributed by atoms with E-state index < -0.39 is 30.2 Å². The zero-order valence-electron chi connectivity index (χ0n) is 10.8. The third-order valence-corrected chi connectivity index (χ3v) is 2.61. The van der Waals surface area contributed by atoms with Gasteiger partial charge in [0, 0.05) is 12.1 Å². The third-order valence-electron chi connectivity index (χ3n) is 2.61. The molecule has 0 heterocycles. The fourth-order valence-corrected chi connectivity index (χ4v) is 1.54. The second-order valence-corrected chi connectivity index (χ2v) is 4.08. The van der Waals surface area contributed by atoms with Gasteiger partial charge in [-0.05, 0) is 18.2 Å². The van der Waals surface area contributed by atoms with Crippen molar-refractivity contribution >= 4 is 17.8 Å². The number of aliphatic carboxylic acids is 2. The van der Waals surface area contributed by atoms with E-state index in [0.29, 0.717) is 11.3 Å². The fraction of sp³-hybridized carbons (Fsp3) is 0.308. The summed E-state index contributed by atoms with van der Waals surface area (Å²) >= 11 is 0. The number of carboxylic acid groups (broad SMARTS) is 2. The topological polar surface area (TPSA) is 113 Å². The Morgan fingerprint density at radius 3 is 2.55 bits per heavy atom. The van der Waals surface area contributed by atoms with E-state index in [-0.39, 0.29) is 6.54 Å². The van der Waals surface area contributed by atoms with E-state index in [9.17, 15) is 14.4 Å². The van der Waals surface area contributed by atoms with Crippen LogP contribution < -0.4 is 10.1 Å². The molecule has 1 rings (SSSR count). The molecule has 108 valence electrons. The minimum atomic E-state index is -1.27. The Balaban J connectivity index is 2.65. The van der Waals surface area contributed by atoms with Crippen LogP contribution in [0.1, 0.15) is 16.8 Å². The second kappa shape index (κ2) is 7.13. The molecule has 1 aromatic rings. The Bertz CT molecular complexity index is 513. The first-order chi connectivity index (χ1) is 9.43. The minimum absolute atomic E-state index is 0.252. The van der Waals surface area contributed by atoms with E-state index in [0.717, 1.165) is 0 Å². The van der Waals surface area contributed by atoms with Crippen molar-refractivity contribution in [2.45, 2.75) is 6.42 Å². The van der Waals surface area contributed by atoms with Crippen LogP contribution in [0.2, 0.25) is 0 Å². The zero-order chi connectivity index (χ0) is 15.1. The van der Waals surface area contributed by atoms with Gasteiger partial charge in [0.2, 0.25) is 0 Å². The summed E-state index contributed by atoms with van der Waals surface area (Å²) < 4.78 is 4.97. The van der Waals surface area contributed by atoms with Gasteiger partial charge < -0.3 is 20.3 Å². The first-order valence-corrected chi connectivity index (χ1v) is 5.81. The van der Waals surface area contributed by atoms with Gasteiger partial charge in [-0.15, -0.1) is 0 Å². The molecule has 0 aliphatic heterocycles. The smallest absolute Gasteiger partial charge is 0.308 e. The molecule has 0 bridgehead atoms. The summed E-state index contributed by atoms with van der Waals surface area (Å²) in [6, 6.07) is 6.34. The summed E-state index contributed by atoms with van der Waals surface area (Å²) in [6.45, 7) is -0.252. The van der Waals surface area contributed by atoms with E-state index in [1.54, 1.807) is 18.2 Å². The Kier molecular flexibility index (Phi) is 5.52. The molecule has 0 aliphatic carbocycles. The average molecular weight is 281 g/mol. The lowest BCUT2D eigenvalue weighted by atomic mass is 10.1. The minimum Gasteiger partial charge on any atom is -0.497 e. The third kappa shape index (κ3) is 4.60. The number of carbonyl (C=O) groups excluding carboxylic acids is 1. The summed E-state index contributed by atoms with van der Waals surface area (Å²) in [5, 5.41) is 19.8. The molecule has 20 heavy (non-hydrogen) atoms. The summed E-state index contributed by atoms with van der Waals surface area (Å²) in [5.74, 6) is -3.65. The van der Waals surface area contributed by atoms with E-state index in [2.05, 4.69) is 5.32 Å². The van der Waals surface area contributed by atoms with E-state index in [4.69, 9.17) is 14.9 Å². The standard InChI is InChI=1S/C13H15NO6/c1-20-10-4-2-3-8(5-10)12(17)14-7-9(13(18)19)6-11(15)16/h2-5,9H,6-7H2,1H3,(H,14,17)(H,15,16)(H,18,19). The number of methoxy groups -OCH3 is 1. The number of amides is 1. The lowest BCUT2D eigenvalue weighted by Gasteiger charge is -2.11. The van der Waals surface area contributed by atoms with E-state index >= 15 is 0 Å². The van der Waals surface area contributed by atoms with Crippen molar-refractivity contribution < 1.29 is 29.3 Å². The van der Waals surface area contributed by atoms with Crippen LogP contribution in [0.4, 0.5) is 0 Å². The highest BCUT2D eigenvalue weighted by molar-refractivity contribution is 5.94. The SMILES string of the molecule is COc1cccc(C(=O)NCC(CC(=O)O)C(=O)O)c1. The highest BCUT2D eigenvalue weighted by Crippen LogP contribution is 2.12. The normalized spacial score (nSPS) is 11.4. The average Bonchev–Trinajstić information content (AvgIpc) is 2.42. The van der Waals surface area contributed by atoms with Gasteiger partial charge >= 0.3 is 11.9 Å². The maximum absolute atomic E-state index is 11.8. The van der Waals surface area contributed by atoms with Gasteiger partial charge in [0.15, 0.2) is 0 Å². The molecule has 7 nitrogen and oxygen atoms in total. The van der Waals surface area contributed by atoms with Crippen molar-refractivity contribution in [3.63, 3.8) is 0 Å². The van der Waals surface area contributed by atoms with Gasteiger partial charge in [-0.3, -0.25) is 14.4 Å². The predicted molar refractivity (Wildman–Crippen MR) is 68.7 cm³/mol. The molecule has 0 radical (unpaired) electrons. The van der Waals surface area contributed by atoms with Crippen molar-refractivity contribution in [3.8, 4) is 5.75 Å². The molecule has 0 saturated heterocycles. The van der Waals surface area contributed by atoms with Crippen LogP contribution in [0.15, 0.2) is 24.3 Å². The molecule has 7 heteroatoms. The fourth-order valence-electron chi connectivity index (χ4n) is 1.54. The number of nitrogens with one attached hydrogen (secondary N) is 1. The predicted octanol–water partition coefficient (Wildman–Crippen LogP) is 0.600. The van der Waals surface area contributed by atoms with Gasteiger partial charge in [-0.1, -0.05) is 6.07 Å². The van der Waals surface area contributed by atoms with E-state index in [1.807, 2.05) is 0 Å². The molecular formula is C13H15NO6.